The third kappa shape index (κ3) is 5.29. The van der Waals surface area contributed by atoms with Crippen LogP contribution >= 0.6 is 46.3 Å². The molecule has 7 heteroatoms. The van der Waals surface area contributed by atoms with Gasteiger partial charge in [-0.1, -0.05) is 73.9 Å². The quantitative estimate of drug-likeness (QED) is 0.279. The van der Waals surface area contributed by atoms with Gasteiger partial charge in [-0.2, -0.15) is 0 Å². The number of carbonyl (C=O) groups excluding carboxylic acids is 1. The molecule has 0 aliphatic heterocycles. The van der Waals surface area contributed by atoms with Gasteiger partial charge in [0.2, 0.25) is 0 Å². The zero-order valence-electron chi connectivity index (χ0n) is 17.9. The van der Waals surface area contributed by atoms with Crippen molar-refractivity contribution in [2.24, 2.45) is 0 Å². The summed E-state index contributed by atoms with van der Waals surface area (Å²) in [6.45, 7) is 6.46. The maximum absolute atomic E-state index is 12.7. The normalized spacial score (nSPS) is 11.7. The number of thiazole rings is 1. The van der Waals surface area contributed by atoms with Crippen LogP contribution in [0.4, 0.5) is 5.69 Å². The molecule has 3 nitrogen and oxygen atoms in total. The number of halogens is 2. The van der Waals surface area contributed by atoms with Crippen molar-refractivity contribution >= 4 is 68.1 Å². The summed E-state index contributed by atoms with van der Waals surface area (Å²) in [6.07, 6.45) is 0. The zero-order chi connectivity index (χ0) is 22.9. The number of benzene rings is 3. The van der Waals surface area contributed by atoms with Crippen LogP contribution in [0.25, 0.3) is 10.2 Å². The van der Waals surface area contributed by atoms with Crippen LogP contribution in [0.5, 0.6) is 0 Å². The molecular weight excluding hydrogens is 479 g/mol. The number of rotatable bonds is 5. The van der Waals surface area contributed by atoms with Gasteiger partial charge in [0.1, 0.15) is 0 Å². The molecule has 1 N–H and O–H groups in total. The molecule has 3 aromatic carbocycles. The van der Waals surface area contributed by atoms with E-state index in [0.717, 1.165) is 25.8 Å². The molecule has 0 radical (unpaired) electrons. The summed E-state index contributed by atoms with van der Waals surface area (Å²) in [4.78, 5) is 17.4. The van der Waals surface area contributed by atoms with Gasteiger partial charge in [-0.05, 0) is 59.0 Å². The van der Waals surface area contributed by atoms with Crippen molar-refractivity contribution in [3.63, 3.8) is 0 Å². The maximum Gasteiger partial charge on any atom is 0.255 e. The van der Waals surface area contributed by atoms with E-state index in [1.54, 1.807) is 23.1 Å². The largest absolute Gasteiger partial charge is 0.322 e. The number of nitrogens with one attached hydrogen (secondary N) is 1. The van der Waals surface area contributed by atoms with E-state index < -0.39 is 0 Å². The number of amides is 1. The second-order valence-corrected chi connectivity index (χ2v) is 11.5. The average Bonchev–Trinajstić information content (AvgIpc) is 3.15. The minimum atomic E-state index is -0.128. The van der Waals surface area contributed by atoms with Crippen LogP contribution in [0, 0.1) is 0 Å². The highest BCUT2D eigenvalue weighted by atomic mass is 35.5. The van der Waals surface area contributed by atoms with E-state index in [2.05, 4.69) is 31.1 Å². The first kappa shape index (κ1) is 23.1. The topological polar surface area (TPSA) is 42.0 Å². The van der Waals surface area contributed by atoms with Gasteiger partial charge in [-0.25, -0.2) is 4.98 Å². The van der Waals surface area contributed by atoms with Gasteiger partial charge in [0.15, 0.2) is 4.34 Å². The average molecular weight is 502 g/mol. The van der Waals surface area contributed by atoms with Crippen LogP contribution in [0.2, 0.25) is 10.0 Å². The van der Waals surface area contributed by atoms with E-state index in [1.165, 1.54) is 5.56 Å². The van der Waals surface area contributed by atoms with Crippen molar-refractivity contribution in [3.8, 4) is 0 Å². The molecule has 0 bridgehead atoms. The molecule has 0 aliphatic carbocycles. The second kappa shape index (κ2) is 9.44. The van der Waals surface area contributed by atoms with E-state index in [4.69, 9.17) is 23.2 Å². The molecule has 0 fully saturated rings. The van der Waals surface area contributed by atoms with Crippen LogP contribution < -0.4 is 5.32 Å². The third-order valence-corrected chi connectivity index (χ3v) is 7.94. The first-order valence-electron chi connectivity index (χ1n) is 10.1. The number of anilines is 1. The number of hydrogen-bond donors (Lipinski definition) is 1. The van der Waals surface area contributed by atoms with Crippen molar-refractivity contribution in [1.82, 2.24) is 4.98 Å². The minimum Gasteiger partial charge on any atom is -0.322 e. The first-order valence-corrected chi connectivity index (χ1v) is 12.6. The Morgan fingerprint density at radius 3 is 2.38 bits per heavy atom. The van der Waals surface area contributed by atoms with Crippen molar-refractivity contribution in [2.45, 2.75) is 36.3 Å². The highest BCUT2D eigenvalue weighted by Gasteiger charge is 2.15. The van der Waals surface area contributed by atoms with E-state index in [-0.39, 0.29) is 11.3 Å². The molecule has 32 heavy (non-hydrogen) atoms. The fourth-order valence-corrected chi connectivity index (χ4v) is 6.02. The van der Waals surface area contributed by atoms with E-state index in [0.29, 0.717) is 21.4 Å². The minimum absolute atomic E-state index is 0.0547. The summed E-state index contributed by atoms with van der Waals surface area (Å²) in [6, 6.07) is 19.0. The van der Waals surface area contributed by atoms with Gasteiger partial charge in [0, 0.05) is 27.0 Å². The Morgan fingerprint density at radius 1 is 1.03 bits per heavy atom. The maximum atomic E-state index is 12.7. The number of carbonyl (C=O) groups is 1. The number of nitrogens with zero attached hydrogens (tertiary/aromatic N) is 1. The Kier molecular flexibility index (Phi) is 6.82. The van der Waals surface area contributed by atoms with Crippen LogP contribution in [0.1, 0.15) is 42.3 Å². The summed E-state index contributed by atoms with van der Waals surface area (Å²) in [5.41, 5.74) is 4.44. The molecule has 1 heterocycles. The third-order valence-electron chi connectivity index (χ3n) is 5.04. The van der Waals surface area contributed by atoms with E-state index in [1.807, 2.05) is 60.7 Å². The summed E-state index contributed by atoms with van der Waals surface area (Å²) < 4.78 is 1.94. The lowest BCUT2D eigenvalue weighted by atomic mass is 9.87. The van der Waals surface area contributed by atoms with Crippen LogP contribution in [0.15, 0.2) is 65.0 Å². The van der Waals surface area contributed by atoms with E-state index in [9.17, 15) is 4.79 Å². The Hall–Kier alpha value is -2.05. The molecule has 4 aromatic rings. The number of fused-ring (bicyclic) bond motifs is 1. The molecule has 4 rings (SSSR count). The lowest BCUT2D eigenvalue weighted by Crippen LogP contribution is -2.14. The second-order valence-electron chi connectivity index (χ2n) is 8.43. The summed E-state index contributed by atoms with van der Waals surface area (Å²) >= 11 is 15.7. The molecule has 0 spiro atoms. The van der Waals surface area contributed by atoms with Gasteiger partial charge in [-0.3, -0.25) is 4.79 Å². The van der Waals surface area contributed by atoms with Gasteiger partial charge in [0.05, 0.1) is 10.2 Å². The molecular formula is C25H22Cl2N2OS2. The smallest absolute Gasteiger partial charge is 0.255 e. The van der Waals surface area contributed by atoms with Crippen LogP contribution in [-0.2, 0) is 11.2 Å². The fraction of sp³-hybridized carbons (Fsp3) is 0.200. The van der Waals surface area contributed by atoms with Crippen molar-refractivity contribution in [2.75, 3.05) is 5.32 Å². The van der Waals surface area contributed by atoms with Gasteiger partial charge in [-0.15, -0.1) is 11.3 Å². The van der Waals surface area contributed by atoms with Crippen LogP contribution in [0.3, 0.4) is 0 Å². The highest BCUT2D eigenvalue weighted by Crippen LogP contribution is 2.36. The molecule has 0 atom stereocenters. The lowest BCUT2D eigenvalue weighted by molar-refractivity contribution is 0.102. The molecule has 0 aliphatic rings. The zero-order valence-corrected chi connectivity index (χ0v) is 21.1. The summed E-state index contributed by atoms with van der Waals surface area (Å²) in [5.74, 6) is 0.518. The summed E-state index contributed by atoms with van der Waals surface area (Å²) in [7, 11) is 0. The predicted octanol–water partition coefficient (Wildman–Crippen LogP) is 8.45. The number of aromatic nitrogens is 1. The standard InChI is InChI=1S/C25H22Cl2N2OS2/c1-25(2,3)16-9-7-15(8-10-16)23(30)28-17-11-12-21-22(13-17)32-24(29-21)31-14-18-19(26)5-4-6-20(18)27/h4-13H,14H2,1-3H3,(H,28,30). The van der Waals surface area contributed by atoms with Gasteiger partial charge < -0.3 is 5.32 Å². The molecule has 1 aromatic heterocycles. The molecule has 0 saturated carbocycles. The Morgan fingerprint density at radius 2 is 1.72 bits per heavy atom. The van der Waals surface area contributed by atoms with Crippen molar-refractivity contribution < 1.29 is 4.79 Å². The highest BCUT2D eigenvalue weighted by molar-refractivity contribution is 8.00. The van der Waals surface area contributed by atoms with Crippen LogP contribution in [-0.4, -0.2) is 10.9 Å². The summed E-state index contributed by atoms with van der Waals surface area (Å²) in [5, 5.41) is 4.31. The Balaban J connectivity index is 1.46. The molecule has 0 unspecified atom stereocenters. The molecule has 1 amide bonds. The SMILES string of the molecule is CC(C)(C)c1ccc(C(=O)Nc2ccc3nc(SCc4c(Cl)cccc4Cl)sc3c2)cc1. The Labute approximate surface area is 206 Å². The predicted molar refractivity (Wildman–Crippen MR) is 139 cm³/mol. The monoisotopic (exact) mass is 500 g/mol. The van der Waals surface area contributed by atoms with Gasteiger partial charge >= 0.3 is 0 Å². The number of hydrogen-bond acceptors (Lipinski definition) is 4. The fourth-order valence-electron chi connectivity index (χ4n) is 3.17. The lowest BCUT2D eigenvalue weighted by Gasteiger charge is -2.19. The van der Waals surface area contributed by atoms with Crippen molar-refractivity contribution in [1.29, 1.82) is 0 Å². The molecule has 0 saturated heterocycles. The van der Waals surface area contributed by atoms with Gasteiger partial charge in [0.25, 0.3) is 5.91 Å². The van der Waals surface area contributed by atoms with E-state index >= 15 is 0 Å². The molecule has 164 valence electrons. The Bertz CT molecular complexity index is 1260. The first-order chi connectivity index (χ1) is 15.2. The van der Waals surface area contributed by atoms with Crippen molar-refractivity contribution in [3.05, 3.63) is 87.4 Å². The number of thioether (sulfide) groups is 1.